The molecule has 4 fully saturated rings. The van der Waals surface area contributed by atoms with Gasteiger partial charge in [-0.05, 0) is 128 Å². The van der Waals surface area contributed by atoms with Crippen LogP contribution in [0.15, 0.2) is 60.9 Å². The van der Waals surface area contributed by atoms with Crippen molar-refractivity contribution in [3.8, 4) is 0 Å². The van der Waals surface area contributed by atoms with E-state index in [0.29, 0.717) is 53.6 Å². The Labute approximate surface area is 502 Å². The lowest BCUT2D eigenvalue weighted by molar-refractivity contribution is -0.155. The van der Waals surface area contributed by atoms with Crippen LogP contribution in [0.25, 0.3) is 11.3 Å². The predicted molar refractivity (Wildman–Crippen MR) is 320 cm³/mol. The Bertz CT molecular complexity index is 3700. The van der Waals surface area contributed by atoms with Crippen LogP contribution in [0, 0.1) is 25.7 Å². The summed E-state index contributed by atoms with van der Waals surface area (Å²) >= 11 is 12.4. The molecule has 10 rings (SSSR count). The van der Waals surface area contributed by atoms with Crippen molar-refractivity contribution in [2.24, 2.45) is 17.6 Å². The van der Waals surface area contributed by atoms with Gasteiger partial charge in [0, 0.05) is 97.3 Å². The molecule has 2 atom stereocenters. The molecule has 6 aromatic rings. The number of likely N-dealkylation sites (tertiary alicyclic amines) is 2. The molecule has 4 saturated heterocycles. The number of piperidine rings is 2. The number of ether oxygens (including phenoxy) is 1. The second-order valence-corrected chi connectivity index (χ2v) is 27.3. The number of nitrogens with zero attached hydrogens (tertiary/aromatic N) is 10. The van der Waals surface area contributed by atoms with Crippen molar-refractivity contribution in [3.05, 3.63) is 105 Å². The van der Waals surface area contributed by atoms with Crippen molar-refractivity contribution < 1.29 is 54.6 Å². The smallest absolute Gasteiger partial charge is 0.371 e. The van der Waals surface area contributed by atoms with Crippen LogP contribution in [-0.2, 0) is 34.4 Å². The van der Waals surface area contributed by atoms with Gasteiger partial charge in [0.25, 0.3) is 11.8 Å². The van der Waals surface area contributed by atoms with E-state index in [1.54, 1.807) is 31.0 Å². The molecule has 2 amide bonds. The molecule has 8 heterocycles. The van der Waals surface area contributed by atoms with E-state index in [9.17, 15) is 40.0 Å². The number of aliphatic carboxylic acids is 1. The highest BCUT2D eigenvalue weighted by Gasteiger charge is 2.36. The van der Waals surface area contributed by atoms with Crippen LogP contribution in [0.2, 0.25) is 10.0 Å². The Morgan fingerprint density at radius 2 is 1.12 bits per heavy atom. The number of rotatable bonds is 15. The average Bonchev–Trinajstić information content (AvgIpc) is 3.91. The normalized spacial score (nSPS) is 17.8. The Kier molecular flexibility index (Phi) is 19.9. The van der Waals surface area contributed by atoms with E-state index >= 15 is 0 Å². The molecule has 4 aliphatic rings. The zero-order valence-corrected chi connectivity index (χ0v) is 51.4. The van der Waals surface area contributed by atoms with Gasteiger partial charge in [0.2, 0.25) is 20.0 Å². The van der Waals surface area contributed by atoms with E-state index in [4.69, 9.17) is 63.7 Å². The van der Waals surface area contributed by atoms with Crippen LogP contribution in [0.4, 0.5) is 31.8 Å². The number of carbonyl (C=O) groups is 4. The summed E-state index contributed by atoms with van der Waals surface area (Å²) in [6, 6.07) is 12.4. The zero-order chi connectivity index (χ0) is 61.9. The molecule has 2 aromatic carbocycles. The number of anilines is 4. The molecule has 23 nitrogen and oxygen atoms in total. The largest absolute Gasteiger partial charge is 0.477 e. The fraction of sp³-hybridized carbons (Fsp3) is 0.500. The van der Waals surface area contributed by atoms with Crippen molar-refractivity contribution in [2.75, 3.05) is 77.6 Å². The van der Waals surface area contributed by atoms with Crippen molar-refractivity contribution >= 4 is 101 Å². The maximum absolute atomic E-state index is 13.8. The molecule has 460 valence electrons. The number of alkyl halides is 2. The first-order valence-corrected chi connectivity index (χ1v) is 32.3. The number of benzene rings is 2. The molecule has 29 heteroatoms. The van der Waals surface area contributed by atoms with Crippen LogP contribution in [0.3, 0.4) is 0 Å². The number of nitrogens with one attached hydrogen (secondary N) is 2. The van der Waals surface area contributed by atoms with Crippen LogP contribution >= 0.6 is 23.2 Å². The number of aromatic nitrogens is 6. The van der Waals surface area contributed by atoms with Gasteiger partial charge < -0.3 is 35.2 Å². The van der Waals surface area contributed by atoms with Gasteiger partial charge in [-0.15, -0.1) is 0 Å². The fourth-order valence-corrected chi connectivity index (χ4v) is 12.3. The number of carbonyl (C=O) groups excluding carboxylic acids is 3. The zero-order valence-electron chi connectivity index (χ0n) is 48.3. The number of esters is 1. The van der Waals surface area contributed by atoms with Gasteiger partial charge >= 0.3 is 18.4 Å². The third-order valence-corrected chi connectivity index (χ3v) is 16.3. The van der Waals surface area contributed by atoms with Gasteiger partial charge in [-0.1, -0.05) is 23.2 Å². The van der Waals surface area contributed by atoms with Crippen LogP contribution < -0.4 is 25.0 Å². The second kappa shape index (κ2) is 26.4. The highest BCUT2D eigenvalue weighted by atomic mass is 35.5. The van der Waals surface area contributed by atoms with Crippen molar-refractivity contribution in [3.63, 3.8) is 0 Å². The summed E-state index contributed by atoms with van der Waals surface area (Å²) in [7, 11) is -7.18. The summed E-state index contributed by atoms with van der Waals surface area (Å²) in [5.41, 5.74) is 11.0. The Hall–Kier alpha value is -6.94. The minimum Gasteiger partial charge on any atom is -0.477 e. The van der Waals surface area contributed by atoms with Crippen LogP contribution in [-0.4, -0.2) is 155 Å². The standard InChI is InChI=1S/C30H39ClN6O5S.C24H30ClN7O3S.C2H2F2O2/c1-19-16-37-26(32-28(19)35-17-20(18-35)9-12-27(38)42-30(2,3)4)15-24(33-37)25-8-6-7-13-36(25)29(39)22-14-21(31)10-11-23(22)34-43(5,40)41;1-15-12-32-22(27-23(15)30-13-16(11-26)14-30)10-20(28-32)21-5-3-4-8-31(21)24(33)18-9-17(25)6-7-19(18)29-36(2,34)35;3-1(4)2(5)6/h10-11,14-16,20,25,34H,6-9,12-13,17-18H2,1-5H3;6-7,9-10,12,16,21,29H,3-5,8,11,13-14,26H2,1-2H3;1H,(H,5,6)/t25-;21-;/m00./s1. The predicted octanol–water partition coefficient (Wildman–Crippen LogP) is 8.15. The first kappa shape index (κ1) is 64.1. The van der Waals surface area contributed by atoms with Gasteiger partial charge in [-0.25, -0.2) is 40.6 Å². The first-order valence-electron chi connectivity index (χ1n) is 27.8. The molecule has 5 N–H and O–H groups in total. The summed E-state index contributed by atoms with van der Waals surface area (Å²) in [6.07, 6.45) is 9.02. The quantitative estimate of drug-likeness (QED) is 0.0705. The maximum atomic E-state index is 13.8. The lowest BCUT2D eigenvalue weighted by Gasteiger charge is -2.41. The van der Waals surface area contributed by atoms with Gasteiger partial charge in [0.15, 0.2) is 11.3 Å². The lowest BCUT2D eigenvalue weighted by Crippen LogP contribution is -2.50. The number of fused-ring (bicyclic) bond motifs is 2. The number of carboxylic acid groups (broad SMARTS) is 1. The minimum absolute atomic E-state index is 0.165. The molecule has 0 aliphatic carbocycles. The Morgan fingerprint density at radius 3 is 1.49 bits per heavy atom. The molecule has 4 aliphatic heterocycles. The highest BCUT2D eigenvalue weighted by Crippen LogP contribution is 2.38. The number of amides is 2. The Balaban J connectivity index is 0.000000204. The molecular weight excluding hydrogens is 1190 g/mol. The number of halogens is 4. The van der Waals surface area contributed by atoms with Crippen LogP contribution in [0.1, 0.15) is 127 Å². The lowest BCUT2D eigenvalue weighted by atomic mass is 9.94. The van der Waals surface area contributed by atoms with Gasteiger partial charge in [-0.2, -0.15) is 19.0 Å². The first-order chi connectivity index (χ1) is 39.9. The summed E-state index contributed by atoms with van der Waals surface area (Å²) in [4.78, 5) is 66.4. The van der Waals surface area contributed by atoms with E-state index in [0.717, 1.165) is 123 Å². The monoisotopic (exact) mass is 1260 g/mol. The molecule has 4 aromatic heterocycles. The second-order valence-electron chi connectivity index (χ2n) is 22.9. The van der Waals surface area contributed by atoms with E-state index in [1.165, 1.54) is 24.3 Å². The summed E-state index contributed by atoms with van der Waals surface area (Å²) in [5.74, 6) is -0.108. The highest BCUT2D eigenvalue weighted by molar-refractivity contribution is 7.92. The number of nitrogens with two attached hydrogens (primary N) is 1. The number of carboxylic acids is 1. The molecule has 0 radical (unpaired) electrons. The maximum Gasteiger partial charge on any atom is 0.371 e. The van der Waals surface area contributed by atoms with E-state index in [2.05, 4.69) is 19.2 Å². The SMILES string of the molecule is Cc1cn2nc([C@@H]3CCCCN3C(=O)c3cc(Cl)ccc3NS(C)(=O)=O)cc2nc1N1CC(CCC(=O)OC(C)(C)C)C1.Cc1cn2nc([C@@H]3CCCCN3C(=O)c3cc(Cl)ccc3NS(C)(=O)=O)cc2nc1N1CC(CN)C1.O=C(O)C(F)F. The molecule has 0 unspecified atom stereocenters. The van der Waals surface area contributed by atoms with Crippen LogP contribution in [0.5, 0.6) is 0 Å². The van der Waals surface area contributed by atoms with E-state index in [-0.39, 0.29) is 52.4 Å². The van der Waals surface area contributed by atoms with Crippen molar-refractivity contribution in [1.29, 1.82) is 0 Å². The number of aryl methyl sites for hydroxylation is 2. The molecule has 0 bridgehead atoms. The number of hydrogen-bond acceptors (Lipinski definition) is 16. The number of hydrogen-bond donors (Lipinski definition) is 4. The van der Waals surface area contributed by atoms with Crippen molar-refractivity contribution in [2.45, 2.75) is 110 Å². The molecule has 0 spiro atoms. The topological polar surface area (TPSA) is 289 Å². The number of sulfonamides is 2. The Morgan fingerprint density at radius 1 is 0.706 bits per heavy atom. The summed E-state index contributed by atoms with van der Waals surface area (Å²) in [6.45, 7) is 14.8. The third-order valence-electron chi connectivity index (χ3n) is 14.7. The molecular formula is C56H71Cl2F2N13O10S2. The minimum atomic E-state index is -3.60. The van der Waals surface area contributed by atoms with E-state index < -0.39 is 38.0 Å². The third kappa shape index (κ3) is 16.3. The van der Waals surface area contributed by atoms with Crippen molar-refractivity contribution in [1.82, 2.24) is 39.0 Å². The summed E-state index contributed by atoms with van der Waals surface area (Å²) in [5, 5.41) is 17.5. The van der Waals surface area contributed by atoms with E-state index in [1.807, 2.05) is 59.1 Å². The molecule has 85 heavy (non-hydrogen) atoms. The van der Waals surface area contributed by atoms with Gasteiger partial charge in [0.1, 0.15) is 17.2 Å². The summed E-state index contributed by atoms with van der Waals surface area (Å²) < 4.78 is 82.6. The average molecular weight is 1260 g/mol. The van der Waals surface area contributed by atoms with Gasteiger partial charge in [0.05, 0.1) is 58.5 Å². The molecule has 0 saturated carbocycles. The fourth-order valence-electron chi connectivity index (χ4n) is 10.8. The van der Waals surface area contributed by atoms with Gasteiger partial charge in [-0.3, -0.25) is 23.8 Å².